The first kappa shape index (κ1) is 17.5. The van der Waals surface area contributed by atoms with E-state index < -0.39 is 18.3 Å². The molecule has 0 radical (unpaired) electrons. The van der Waals surface area contributed by atoms with Crippen LogP contribution in [0.2, 0.25) is 0 Å². The summed E-state index contributed by atoms with van der Waals surface area (Å²) in [5, 5.41) is 12.5. The molecule has 0 aliphatic heterocycles. The SMILES string of the molecule is COc1ccc2cc(OCc3ccccc3)c(NCC(=O)O)c(F)c2c1. The summed E-state index contributed by atoms with van der Waals surface area (Å²) in [5.74, 6) is -0.904. The molecule has 0 saturated heterocycles. The van der Waals surface area contributed by atoms with Crippen LogP contribution < -0.4 is 14.8 Å². The molecular weight excluding hydrogens is 337 g/mol. The van der Waals surface area contributed by atoms with Crippen LogP contribution in [-0.2, 0) is 11.4 Å². The number of nitrogens with one attached hydrogen (secondary N) is 1. The summed E-state index contributed by atoms with van der Waals surface area (Å²) in [5.41, 5.74) is 0.941. The van der Waals surface area contributed by atoms with Gasteiger partial charge >= 0.3 is 5.97 Å². The zero-order chi connectivity index (χ0) is 18.5. The van der Waals surface area contributed by atoms with Crippen molar-refractivity contribution < 1.29 is 23.8 Å². The molecule has 0 amide bonds. The highest BCUT2D eigenvalue weighted by molar-refractivity contribution is 5.91. The monoisotopic (exact) mass is 355 g/mol. The molecule has 6 heteroatoms. The van der Waals surface area contributed by atoms with E-state index in [4.69, 9.17) is 14.6 Å². The summed E-state index contributed by atoms with van der Waals surface area (Å²) in [6.07, 6.45) is 0. The molecule has 3 aromatic carbocycles. The highest BCUT2D eigenvalue weighted by atomic mass is 19.1. The first-order valence-corrected chi connectivity index (χ1v) is 8.01. The minimum atomic E-state index is -1.09. The van der Waals surface area contributed by atoms with Gasteiger partial charge in [-0.3, -0.25) is 4.79 Å². The predicted octanol–water partition coefficient (Wildman–Crippen LogP) is 4.06. The molecule has 0 heterocycles. The van der Waals surface area contributed by atoms with Gasteiger partial charge in [0.2, 0.25) is 0 Å². The quantitative estimate of drug-likeness (QED) is 0.669. The van der Waals surface area contributed by atoms with E-state index in [1.54, 1.807) is 24.3 Å². The number of carboxylic acids is 1. The van der Waals surface area contributed by atoms with Crippen molar-refractivity contribution in [3.8, 4) is 11.5 Å². The number of carbonyl (C=O) groups is 1. The van der Waals surface area contributed by atoms with Gasteiger partial charge in [-0.25, -0.2) is 4.39 Å². The maximum atomic E-state index is 15.0. The average molecular weight is 355 g/mol. The van der Waals surface area contributed by atoms with Crippen molar-refractivity contribution in [1.82, 2.24) is 0 Å². The summed E-state index contributed by atoms with van der Waals surface area (Å²) in [6.45, 7) is -0.183. The largest absolute Gasteiger partial charge is 0.497 e. The fraction of sp³-hybridized carbons (Fsp3) is 0.150. The lowest BCUT2D eigenvalue weighted by molar-refractivity contribution is -0.134. The van der Waals surface area contributed by atoms with Gasteiger partial charge in [-0.2, -0.15) is 0 Å². The van der Waals surface area contributed by atoms with Gasteiger partial charge in [-0.15, -0.1) is 0 Å². The Morgan fingerprint density at radius 3 is 2.62 bits per heavy atom. The molecule has 0 saturated carbocycles. The Kier molecular flexibility index (Phi) is 5.22. The van der Waals surface area contributed by atoms with E-state index in [-0.39, 0.29) is 18.0 Å². The Morgan fingerprint density at radius 2 is 1.92 bits per heavy atom. The first-order chi connectivity index (χ1) is 12.6. The Balaban J connectivity index is 2.00. The second-order valence-electron chi connectivity index (χ2n) is 5.67. The number of aliphatic carboxylic acids is 1. The second-order valence-corrected chi connectivity index (χ2v) is 5.67. The summed E-state index contributed by atoms with van der Waals surface area (Å²) in [6, 6.07) is 16.2. The summed E-state index contributed by atoms with van der Waals surface area (Å²) < 4.78 is 25.9. The molecule has 0 aliphatic rings. The Hall–Kier alpha value is -3.28. The van der Waals surface area contributed by atoms with Crippen LogP contribution in [-0.4, -0.2) is 24.7 Å². The molecule has 0 spiro atoms. The molecule has 5 nitrogen and oxygen atoms in total. The van der Waals surface area contributed by atoms with E-state index in [1.807, 2.05) is 30.3 Å². The standard InChI is InChI=1S/C20H18FNO4/c1-25-15-8-7-14-9-17(26-12-13-5-3-2-4-6-13)20(22-11-18(23)24)19(21)16(14)10-15/h2-10,22H,11-12H2,1H3,(H,23,24). The third-order valence-corrected chi connectivity index (χ3v) is 3.90. The highest BCUT2D eigenvalue weighted by Gasteiger charge is 2.16. The first-order valence-electron chi connectivity index (χ1n) is 8.01. The van der Waals surface area contributed by atoms with Crippen LogP contribution >= 0.6 is 0 Å². The molecule has 0 unspecified atom stereocenters. The van der Waals surface area contributed by atoms with Gasteiger partial charge < -0.3 is 19.9 Å². The molecule has 134 valence electrons. The number of ether oxygens (including phenoxy) is 2. The Morgan fingerprint density at radius 1 is 1.15 bits per heavy atom. The normalized spacial score (nSPS) is 10.5. The van der Waals surface area contributed by atoms with E-state index in [2.05, 4.69) is 5.32 Å². The zero-order valence-corrected chi connectivity index (χ0v) is 14.2. The minimum Gasteiger partial charge on any atom is -0.497 e. The van der Waals surface area contributed by atoms with E-state index in [0.717, 1.165) is 5.56 Å². The summed E-state index contributed by atoms with van der Waals surface area (Å²) in [4.78, 5) is 10.9. The fourth-order valence-corrected chi connectivity index (χ4v) is 2.61. The number of hydrogen-bond acceptors (Lipinski definition) is 4. The molecule has 2 N–H and O–H groups in total. The number of hydrogen-bond donors (Lipinski definition) is 2. The molecule has 26 heavy (non-hydrogen) atoms. The lowest BCUT2D eigenvalue weighted by Crippen LogP contribution is -2.14. The second kappa shape index (κ2) is 7.74. The van der Waals surface area contributed by atoms with Crippen molar-refractivity contribution in [1.29, 1.82) is 0 Å². The Bertz CT molecular complexity index is 928. The van der Waals surface area contributed by atoms with E-state index in [9.17, 15) is 4.79 Å². The van der Waals surface area contributed by atoms with Crippen LogP contribution in [0.25, 0.3) is 10.8 Å². The van der Waals surface area contributed by atoms with Gasteiger partial charge in [-0.05, 0) is 29.1 Å². The fourth-order valence-electron chi connectivity index (χ4n) is 2.61. The topological polar surface area (TPSA) is 67.8 Å². The van der Waals surface area contributed by atoms with Gasteiger partial charge in [0.25, 0.3) is 0 Å². The maximum Gasteiger partial charge on any atom is 0.322 e. The van der Waals surface area contributed by atoms with Crippen LogP contribution in [0, 0.1) is 5.82 Å². The van der Waals surface area contributed by atoms with Crippen molar-refractivity contribution >= 4 is 22.4 Å². The molecule has 0 atom stereocenters. The minimum absolute atomic E-state index is 0.0177. The number of rotatable bonds is 7. The zero-order valence-electron chi connectivity index (χ0n) is 14.2. The van der Waals surface area contributed by atoms with E-state index in [0.29, 0.717) is 16.5 Å². The lowest BCUT2D eigenvalue weighted by atomic mass is 10.1. The molecule has 3 aromatic rings. The number of halogens is 1. The third-order valence-electron chi connectivity index (χ3n) is 3.90. The van der Waals surface area contributed by atoms with Crippen molar-refractivity contribution in [3.05, 3.63) is 66.0 Å². The van der Waals surface area contributed by atoms with E-state index in [1.165, 1.54) is 7.11 Å². The van der Waals surface area contributed by atoms with Crippen LogP contribution in [0.3, 0.4) is 0 Å². The van der Waals surface area contributed by atoms with Gasteiger partial charge in [0.05, 0.1) is 7.11 Å². The van der Waals surface area contributed by atoms with Crippen LogP contribution in [0.1, 0.15) is 5.56 Å². The Labute approximate surface area is 150 Å². The lowest BCUT2D eigenvalue weighted by Gasteiger charge is -2.16. The van der Waals surface area contributed by atoms with Crippen LogP contribution in [0.15, 0.2) is 54.6 Å². The number of anilines is 1. The van der Waals surface area contributed by atoms with Crippen molar-refractivity contribution in [2.75, 3.05) is 19.0 Å². The van der Waals surface area contributed by atoms with Crippen molar-refractivity contribution in [2.24, 2.45) is 0 Å². The van der Waals surface area contributed by atoms with Crippen molar-refractivity contribution in [2.45, 2.75) is 6.61 Å². The maximum absolute atomic E-state index is 15.0. The van der Waals surface area contributed by atoms with Gasteiger partial charge in [0.1, 0.15) is 30.3 Å². The van der Waals surface area contributed by atoms with Crippen LogP contribution in [0.4, 0.5) is 10.1 Å². The number of benzene rings is 3. The smallest absolute Gasteiger partial charge is 0.322 e. The van der Waals surface area contributed by atoms with E-state index >= 15 is 4.39 Å². The van der Waals surface area contributed by atoms with Gasteiger partial charge in [0, 0.05) is 5.39 Å². The van der Waals surface area contributed by atoms with Crippen LogP contribution in [0.5, 0.6) is 11.5 Å². The molecule has 0 bridgehead atoms. The van der Waals surface area contributed by atoms with Crippen molar-refractivity contribution in [3.63, 3.8) is 0 Å². The summed E-state index contributed by atoms with van der Waals surface area (Å²) in [7, 11) is 1.50. The average Bonchev–Trinajstić information content (AvgIpc) is 2.66. The highest BCUT2D eigenvalue weighted by Crippen LogP contribution is 2.36. The molecular formula is C20H18FNO4. The molecule has 0 fully saturated rings. The molecule has 3 rings (SSSR count). The molecule has 0 aliphatic carbocycles. The van der Waals surface area contributed by atoms with Gasteiger partial charge in [0.15, 0.2) is 5.82 Å². The number of fused-ring (bicyclic) bond motifs is 1. The summed E-state index contributed by atoms with van der Waals surface area (Å²) >= 11 is 0. The van der Waals surface area contributed by atoms with Gasteiger partial charge in [-0.1, -0.05) is 36.4 Å². The third kappa shape index (κ3) is 3.85. The number of methoxy groups -OCH3 is 1. The predicted molar refractivity (Wildman–Crippen MR) is 97.4 cm³/mol. The number of carboxylic acid groups (broad SMARTS) is 1. The molecule has 0 aromatic heterocycles.